The molecule has 0 saturated carbocycles. The van der Waals surface area contributed by atoms with E-state index in [0.29, 0.717) is 56.4 Å². The van der Waals surface area contributed by atoms with Gasteiger partial charge in [0.15, 0.2) is 5.78 Å². The molecule has 0 aliphatic heterocycles. The summed E-state index contributed by atoms with van der Waals surface area (Å²) in [5, 5.41) is 13.3. The van der Waals surface area contributed by atoms with Crippen LogP contribution in [0.2, 0.25) is 0 Å². The van der Waals surface area contributed by atoms with Gasteiger partial charge in [0.25, 0.3) is 0 Å². The van der Waals surface area contributed by atoms with E-state index in [2.05, 4.69) is 43.4 Å². The van der Waals surface area contributed by atoms with E-state index >= 15 is 0 Å². The van der Waals surface area contributed by atoms with Crippen molar-refractivity contribution in [3.05, 3.63) is 71.0 Å². The number of ether oxygens (including phenoxy) is 1. The number of Topliss-reactive ketones (excluding diaryl/α,β-unsaturated/α-hetero) is 1. The number of unbranched alkanes of at least 4 members (excludes halogenated alkanes) is 1. The quantitative estimate of drug-likeness (QED) is 0.167. The summed E-state index contributed by atoms with van der Waals surface area (Å²) in [6, 6.07) is 15.6. The van der Waals surface area contributed by atoms with Crippen molar-refractivity contribution in [1.29, 1.82) is 0 Å². The molecule has 0 unspecified atom stereocenters. The Balaban J connectivity index is 1.27. The fourth-order valence-electron chi connectivity index (χ4n) is 5.90. The molecule has 1 amide bonds. The van der Waals surface area contributed by atoms with E-state index in [-0.39, 0.29) is 35.4 Å². The third-order valence-corrected chi connectivity index (χ3v) is 7.78. The summed E-state index contributed by atoms with van der Waals surface area (Å²) in [4.78, 5) is 41.8. The third kappa shape index (κ3) is 7.51. The van der Waals surface area contributed by atoms with Crippen LogP contribution < -0.4 is 5.32 Å². The van der Waals surface area contributed by atoms with Gasteiger partial charge in [0.05, 0.1) is 11.6 Å². The molecule has 2 aliphatic rings. The SMILES string of the molecule is CC(C)CC(=NCCCC[C@@H](C=O)NC(=O)OCC1c2ccccc2-c2ccccc21)C1=C(O)CC(C)(C)CC1=O. The highest BCUT2D eigenvalue weighted by molar-refractivity contribution is 6.23. The van der Waals surface area contributed by atoms with Crippen molar-refractivity contribution in [2.45, 2.75) is 78.2 Å². The second kappa shape index (κ2) is 13.3. The van der Waals surface area contributed by atoms with Crippen molar-refractivity contribution in [3.8, 4) is 11.1 Å². The van der Waals surface area contributed by atoms with Gasteiger partial charge in [0, 0.05) is 31.0 Å². The molecule has 0 saturated heterocycles. The van der Waals surface area contributed by atoms with Crippen molar-refractivity contribution in [2.75, 3.05) is 13.2 Å². The summed E-state index contributed by atoms with van der Waals surface area (Å²) in [5.74, 6) is 0.334. The average Bonchev–Trinajstić information content (AvgIpc) is 3.23. The van der Waals surface area contributed by atoms with Crippen molar-refractivity contribution in [1.82, 2.24) is 5.32 Å². The predicted octanol–water partition coefficient (Wildman–Crippen LogP) is 6.95. The van der Waals surface area contributed by atoms with Crippen molar-refractivity contribution in [2.24, 2.45) is 16.3 Å². The van der Waals surface area contributed by atoms with E-state index in [1.54, 1.807) is 0 Å². The van der Waals surface area contributed by atoms with Crippen LogP contribution in [0.15, 0.2) is 64.9 Å². The van der Waals surface area contributed by atoms with E-state index in [0.717, 1.165) is 28.5 Å². The Morgan fingerprint density at radius 1 is 1.07 bits per heavy atom. The molecule has 2 N–H and O–H groups in total. The van der Waals surface area contributed by atoms with Crippen molar-refractivity contribution in [3.63, 3.8) is 0 Å². The molecule has 0 spiro atoms. The number of nitrogens with one attached hydrogen (secondary N) is 1. The Morgan fingerprint density at radius 3 is 2.29 bits per heavy atom. The van der Waals surface area contributed by atoms with Crippen LogP contribution in [0.1, 0.15) is 83.3 Å². The molecule has 2 aliphatic carbocycles. The average molecular weight is 559 g/mol. The van der Waals surface area contributed by atoms with Gasteiger partial charge in [-0.3, -0.25) is 9.79 Å². The molecule has 2 aromatic carbocycles. The normalized spacial score (nSPS) is 17.3. The van der Waals surface area contributed by atoms with Crippen LogP contribution in [0, 0.1) is 11.3 Å². The predicted molar refractivity (Wildman–Crippen MR) is 161 cm³/mol. The lowest BCUT2D eigenvalue weighted by atomic mass is 9.75. The zero-order valence-corrected chi connectivity index (χ0v) is 24.6. The van der Waals surface area contributed by atoms with Gasteiger partial charge in [-0.15, -0.1) is 0 Å². The number of aliphatic imine (C=N–C) groups is 1. The Labute approximate surface area is 243 Å². The first-order chi connectivity index (χ1) is 19.6. The lowest BCUT2D eigenvalue weighted by Crippen LogP contribution is -2.37. The minimum Gasteiger partial charge on any atom is -0.511 e. The smallest absolute Gasteiger partial charge is 0.407 e. The van der Waals surface area contributed by atoms with Crippen LogP contribution in [0.25, 0.3) is 11.1 Å². The second-order valence-electron chi connectivity index (χ2n) is 12.4. The maximum Gasteiger partial charge on any atom is 0.407 e. The van der Waals surface area contributed by atoms with E-state index in [9.17, 15) is 19.5 Å². The monoisotopic (exact) mass is 558 g/mol. The fraction of sp³-hybridized carbons (Fsp3) is 0.471. The molecule has 0 fully saturated rings. The molecule has 0 radical (unpaired) electrons. The zero-order valence-electron chi connectivity index (χ0n) is 24.6. The van der Waals surface area contributed by atoms with E-state index in [1.165, 1.54) is 0 Å². The van der Waals surface area contributed by atoms with Gasteiger partial charge in [-0.1, -0.05) is 76.2 Å². The third-order valence-electron chi connectivity index (χ3n) is 7.78. The van der Waals surface area contributed by atoms with Gasteiger partial charge in [0.2, 0.25) is 0 Å². The van der Waals surface area contributed by atoms with Crippen molar-refractivity contribution >= 4 is 23.9 Å². The lowest BCUT2D eigenvalue weighted by Gasteiger charge is -2.30. The van der Waals surface area contributed by atoms with Crippen LogP contribution in [0.3, 0.4) is 0 Å². The topological polar surface area (TPSA) is 105 Å². The lowest BCUT2D eigenvalue weighted by molar-refractivity contribution is -0.118. The van der Waals surface area contributed by atoms with Crippen LogP contribution in [-0.4, -0.2) is 48.2 Å². The van der Waals surface area contributed by atoms with E-state index in [1.807, 2.05) is 38.1 Å². The summed E-state index contributed by atoms with van der Waals surface area (Å²) in [7, 11) is 0. The summed E-state index contributed by atoms with van der Waals surface area (Å²) in [6.07, 6.45) is 3.42. The molecule has 4 rings (SSSR count). The highest BCUT2D eigenvalue weighted by Crippen LogP contribution is 2.44. The molecule has 7 nitrogen and oxygen atoms in total. The molecule has 218 valence electrons. The van der Waals surface area contributed by atoms with Gasteiger partial charge in [-0.05, 0) is 59.3 Å². The molecule has 0 bridgehead atoms. The number of alkyl carbamates (subject to hydrolysis) is 1. The number of fused-ring (bicyclic) bond motifs is 3. The minimum atomic E-state index is -0.654. The largest absolute Gasteiger partial charge is 0.511 e. The van der Waals surface area contributed by atoms with Gasteiger partial charge < -0.3 is 20.0 Å². The first-order valence-electron chi connectivity index (χ1n) is 14.7. The Kier molecular flexibility index (Phi) is 9.79. The highest BCUT2D eigenvalue weighted by atomic mass is 16.5. The summed E-state index contributed by atoms with van der Waals surface area (Å²) >= 11 is 0. The van der Waals surface area contributed by atoms with Gasteiger partial charge in [0.1, 0.15) is 18.7 Å². The van der Waals surface area contributed by atoms with Crippen LogP contribution >= 0.6 is 0 Å². The van der Waals surface area contributed by atoms with Crippen LogP contribution in [0.4, 0.5) is 4.79 Å². The molecule has 0 aromatic heterocycles. The van der Waals surface area contributed by atoms with Gasteiger partial charge >= 0.3 is 6.09 Å². The number of hydrogen-bond donors (Lipinski definition) is 2. The molecular formula is C34H42N2O5. The number of aldehydes is 1. The number of carbonyl (C=O) groups is 3. The highest BCUT2D eigenvalue weighted by Gasteiger charge is 2.35. The van der Waals surface area contributed by atoms with Crippen LogP contribution in [-0.2, 0) is 14.3 Å². The van der Waals surface area contributed by atoms with E-state index < -0.39 is 12.1 Å². The molecule has 2 aromatic rings. The Morgan fingerprint density at radius 2 is 1.71 bits per heavy atom. The fourth-order valence-corrected chi connectivity index (χ4v) is 5.90. The minimum absolute atomic E-state index is 0.0441. The number of amides is 1. The van der Waals surface area contributed by atoms with Crippen LogP contribution in [0.5, 0.6) is 0 Å². The number of aliphatic hydroxyl groups is 1. The van der Waals surface area contributed by atoms with Crippen molar-refractivity contribution < 1.29 is 24.2 Å². The van der Waals surface area contributed by atoms with Gasteiger partial charge in [-0.25, -0.2) is 4.79 Å². The number of aliphatic hydroxyl groups excluding tert-OH is 1. The molecule has 1 atom stereocenters. The molecule has 0 heterocycles. The number of benzene rings is 2. The number of nitrogens with zero attached hydrogens (tertiary/aromatic N) is 1. The molecule has 41 heavy (non-hydrogen) atoms. The molecular weight excluding hydrogens is 516 g/mol. The maximum absolute atomic E-state index is 12.8. The number of rotatable bonds is 12. The number of ketones is 1. The number of allylic oxidation sites excluding steroid dienone is 2. The Hall–Kier alpha value is -3.74. The first-order valence-corrected chi connectivity index (χ1v) is 14.7. The van der Waals surface area contributed by atoms with Gasteiger partial charge in [-0.2, -0.15) is 0 Å². The first kappa shape index (κ1) is 30.2. The summed E-state index contributed by atoms with van der Waals surface area (Å²) < 4.78 is 5.58. The molecule has 7 heteroatoms. The summed E-state index contributed by atoms with van der Waals surface area (Å²) in [5.41, 5.74) is 5.39. The Bertz CT molecular complexity index is 1290. The van der Waals surface area contributed by atoms with E-state index in [4.69, 9.17) is 9.73 Å². The maximum atomic E-state index is 12.8. The number of hydrogen-bond acceptors (Lipinski definition) is 6. The number of carbonyl (C=O) groups excluding carboxylic acids is 3. The standard InChI is InChI=1S/C34H42N2O5/c1-22(2)17-29(32-30(38)18-34(3,4)19-31(32)39)35-16-10-9-11-23(20-37)36-33(40)41-21-28-26-14-7-5-12-24(26)25-13-6-8-15-27(25)28/h5-8,12-15,20,22-23,28,38H,9-11,16-19,21H2,1-4H3,(H,36,40)/t23-/m0/s1. The zero-order chi connectivity index (χ0) is 29.6. The second-order valence-corrected chi connectivity index (χ2v) is 12.4. The summed E-state index contributed by atoms with van der Waals surface area (Å²) in [6.45, 7) is 8.76.